The van der Waals surface area contributed by atoms with Crippen LogP contribution in [0.25, 0.3) is 11.3 Å². The molecule has 0 unspecified atom stereocenters. The van der Waals surface area contributed by atoms with Crippen LogP contribution in [0.4, 0.5) is 23.7 Å². The summed E-state index contributed by atoms with van der Waals surface area (Å²) in [6.45, 7) is 2.30. The van der Waals surface area contributed by atoms with Crippen molar-refractivity contribution in [3.63, 3.8) is 0 Å². The first-order valence-corrected chi connectivity index (χ1v) is 6.97. The highest BCUT2D eigenvalue weighted by Crippen LogP contribution is 2.32. The van der Waals surface area contributed by atoms with E-state index in [-0.39, 0.29) is 5.69 Å². The summed E-state index contributed by atoms with van der Waals surface area (Å²) >= 11 is 0. The topological polar surface area (TPSA) is 66.6 Å². The Hall–Kier alpha value is -2.51. The Morgan fingerprint density at radius 3 is 2.43 bits per heavy atom. The van der Waals surface area contributed by atoms with Crippen molar-refractivity contribution in [2.45, 2.75) is 25.9 Å². The van der Waals surface area contributed by atoms with E-state index in [0.717, 1.165) is 12.5 Å². The number of hydrogen-bond acceptors (Lipinski definition) is 3. The van der Waals surface area contributed by atoms with Crippen LogP contribution in [0.1, 0.15) is 25.5 Å². The van der Waals surface area contributed by atoms with Gasteiger partial charge in [-0.05, 0) is 18.6 Å². The maximum Gasteiger partial charge on any atom is 0.452 e. The quantitative estimate of drug-likeness (QED) is 0.868. The fraction of sp³-hybridized carbons (Fsp3) is 0.333. The lowest BCUT2D eigenvalue weighted by molar-refractivity contribution is -0.155. The van der Waals surface area contributed by atoms with E-state index in [1.54, 1.807) is 0 Å². The molecule has 1 aromatic carbocycles. The van der Waals surface area contributed by atoms with Gasteiger partial charge < -0.3 is 9.63 Å². The molecule has 0 spiro atoms. The summed E-state index contributed by atoms with van der Waals surface area (Å²) in [6, 6.07) is 6.88. The molecule has 5 nitrogen and oxygen atoms in total. The van der Waals surface area contributed by atoms with Crippen LogP contribution in [0.5, 0.6) is 0 Å². The second-order valence-corrected chi connectivity index (χ2v) is 4.91. The van der Waals surface area contributed by atoms with Gasteiger partial charge in [-0.3, -0.25) is 4.90 Å². The molecule has 2 aromatic rings. The van der Waals surface area contributed by atoms with Crippen LogP contribution in [0, 0.1) is 0 Å². The summed E-state index contributed by atoms with van der Waals surface area (Å²) in [6.07, 6.45) is -4.11. The zero-order valence-corrected chi connectivity index (χ0v) is 12.3. The standard InChI is InChI=1S/C15H15F3N2O3/c1-2-3-8-20(14(21)22)11-6-4-10(5-7-11)12-9-13(23-19-12)15(16,17)18/h4-7,9H,2-3,8H2,1H3,(H,21,22). The van der Waals surface area contributed by atoms with Crippen molar-refractivity contribution >= 4 is 11.8 Å². The van der Waals surface area contributed by atoms with E-state index in [9.17, 15) is 23.1 Å². The molecule has 0 saturated heterocycles. The van der Waals surface area contributed by atoms with Gasteiger partial charge in [0.1, 0.15) is 5.69 Å². The van der Waals surface area contributed by atoms with Gasteiger partial charge >= 0.3 is 12.3 Å². The van der Waals surface area contributed by atoms with Gasteiger partial charge in [-0.2, -0.15) is 13.2 Å². The normalized spacial score (nSPS) is 11.5. The average molecular weight is 328 g/mol. The van der Waals surface area contributed by atoms with Crippen LogP contribution in [-0.4, -0.2) is 22.9 Å². The third-order valence-corrected chi connectivity index (χ3v) is 3.23. The average Bonchev–Trinajstić information content (AvgIpc) is 2.98. The van der Waals surface area contributed by atoms with E-state index >= 15 is 0 Å². The van der Waals surface area contributed by atoms with Gasteiger partial charge in [0.25, 0.3) is 0 Å². The summed E-state index contributed by atoms with van der Waals surface area (Å²) in [5.74, 6) is -1.17. The number of benzene rings is 1. The first-order chi connectivity index (χ1) is 10.8. The number of carbonyl (C=O) groups is 1. The molecule has 0 bridgehead atoms. The molecular formula is C15H15F3N2O3. The molecule has 0 aliphatic rings. The molecule has 23 heavy (non-hydrogen) atoms. The van der Waals surface area contributed by atoms with E-state index < -0.39 is 18.0 Å². The second kappa shape index (κ2) is 6.72. The molecule has 1 aromatic heterocycles. The number of carboxylic acid groups (broad SMARTS) is 1. The minimum Gasteiger partial charge on any atom is -0.465 e. The van der Waals surface area contributed by atoms with Crippen LogP contribution in [0.3, 0.4) is 0 Å². The number of aromatic nitrogens is 1. The van der Waals surface area contributed by atoms with Gasteiger partial charge in [0, 0.05) is 23.9 Å². The van der Waals surface area contributed by atoms with Gasteiger partial charge in [0.05, 0.1) is 0 Å². The fourth-order valence-corrected chi connectivity index (χ4v) is 2.01. The summed E-state index contributed by atoms with van der Waals surface area (Å²) in [5.41, 5.74) is 0.905. The molecule has 1 amide bonds. The second-order valence-electron chi connectivity index (χ2n) is 4.91. The van der Waals surface area contributed by atoms with Crippen LogP contribution in [-0.2, 0) is 6.18 Å². The van der Waals surface area contributed by atoms with Gasteiger partial charge in [-0.15, -0.1) is 0 Å². The molecule has 1 N–H and O–H groups in total. The van der Waals surface area contributed by atoms with Crippen molar-refractivity contribution in [2.24, 2.45) is 0 Å². The number of halogens is 3. The van der Waals surface area contributed by atoms with E-state index in [0.29, 0.717) is 24.2 Å². The van der Waals surface area contributed by atoms with Gasteiger partial charge in [0.2, 0.25) is 5.76 Å². The molecule has 0 aliphatic heterocycles. The first-order valence-electron chi connectivity index (χ1n) is 6.97. The predicted molar refractivity (Wildman–Crippen MR) is 77.2 cm³/mol. The van der Waals surface area contributed by atoms with E-state index in [4.69, 9.17) is 0 Å². The van der Waals surface area contributed by atoms with Crippen molar-refractivity contribution in [3.05, 3.63) is 36.1 Å². The van der Waals surface area contributed by atoms with Gasteiger partial charge in [0.15, 0.2) is 0 Å². The van der Waals surface area contributed by atoms with Gasteiger partial charge in [-0.1, -0.05) is 30.6 Å². The van der Waals surface area contributed by atoms with Crippen LogP contribution in [0.2, 0.25) is 0 Å². The fourth-order valence-electron chi connectivity index (χ4n) is 2.01. The zero-order chi connectivity index (χ0) is 17.0. The highest BCUT2D eigenvalue weighted by molar-refractivity contribution is 5.86. The molecule has 8 heteroatoms. The Morgan fingerprint density at radius 1 is 1.30 bits per heavy atom. The Kier molecular flexibility index (Phi) is 4.92. The maximum atomic E-state index is 12.5. The SMILES string of the molecule is CCCCN(C(=O)O)c1ccc(-c2cc(C(F)(F)F)on2)cc1. The minimum atomic E-state index is -4.59. The largest absolute Gasteiger partial charge is 0.465 e. The lowest BCUT2D eigenvalue weighted by Crippen LogP contribution is -2.30. The van der Waals surface area contributed by atoms with E-state index in [1.807, 2.05) is 6.92 Å². The number of nitrogens with zero attached hydrogens (tertiary/aromatic N) is 2. The molecule has 0 fully saturated rings. The van der Waals surface area contributed by atoms with E-state index in [2.05, 4.69) is 9.68 Å². The van der Waals surface area contributed by atoms with Crippen molar-refractivity contribution in [2.75, 3.05) is 11.4 Å². The summed E-state index contributed by atoms with van der Waals surface area (Å²) in [5, 5.41) is 12.6. The van der Waals surface area contributed by atoms with Crippen molar-refractivity contribution in [3.8, 4) is 11.3 Å². The third kappa shape index (κ3) is 4.02. The molecule has 0 aliphatic carbocycles. The maximum absolute atomic E-state index is 12.5. The first kappa shape index (κ1) is 16.9. The monoisotopic (exact) mass is 328 g/mol. The highest BCUT2D eigenvalue weighted by atomic mass is 19.4. The zero-order valence-electron chi connectivity index (χ0n) is 12.3. The summed E-state index contributed by atoms with van der Waals surface area (Å²) < 4.78 is 41.7. The summed E-state index contributed by atoms with van der Waals surface area (Å²) in [4.78, 5) is 12.4. The minimum absolute atomic E-state index is 0.0410. The Labute approximate surface area is 130 Å². The van der Waals surface area contributed by atoms with Crippen molar-refractivity contribution in [1.29, 1.82) is 0 Å². The lowest BCUT2D eigenvalue weighted by Gasteiger charge is -2.19. The van der Waals surface area contributed by atoms with Crippen LogP contribution >= 0.6 is 0 Å². The number of unbranched alkanes of at least 4 members (excludes halogenated alkanes) is 1. The lowest BCUT2D eigenvalue weighted by atomic mass is 10.1. The Morgan fingerprint density at radius 2 is 1.96 bits per heavy atom. The molecule has 0 radical (unpaired) electrons. The highest BCUT2D eigenvalue weighted by Gasteiger charge is 2.36. The number of hydrogen-bond donors (Lipinski definition) is 1. The van der Waals surface area contributed by atoms with Crippen LogP contribution in [0.15, 0.2) is 34.9 Å². The predicted octanol–water partition coefficient (Wildman–Crippen LogP) is 4.64. The third-order valence-electron chi connectivity index (χ3n) is 3.23. The number of alkyl halides is 3. The molecule has 0 atom stereocenters. The van der Waals surface area contributed by atoms with Crippen molar-refractivity contribution in [1.82, 2.24) is 5.16 Å². The smallest absolute Gasteiger partial charge is 0.452 e. The Balaban J connectivity index is 2.21. The van der Waals surface area contributed by atoms with Crippen LogP contribution < -0.4 is 4.90 Å². The molecule has 0 saturated carbocycles. The molecule has 1 heterocycles. The molecular weight excluding hydrogens is 313 g/mol. The number of anilines is 1. The summed E-state index contributed by atoms with van der Waals surface area (Å²) in [7, 11) is 0. The number of amides is 1. The number of rotatable bonds is 5. The molecule has 124 valence electrons. The van der Waals surface area contributed by atoms with Crippen molar-refractivity contribution < 1.29 is 27.6 Å². The van der Waals surface area contributed by atoms with Gasteiger partial charge in [-0.25, -0.2) is 4.79 Å². The molecule has 2 rings (SSSR count). The Bertz CT molecular complexity index is 665. The van der Waals surface area contributed by atoms with E-state index in [1.165, 1.54) is 29.2 Å².